The molecule has 0 amide bonds. The molecule has 66 valence electrons. The Balaban J connectivity index is 2.72. The minimum atomic E-state index is 0.0476. The summed E-state index contributed by atoms with van der Waals surface area (Å²) in [5, 5.41) is 1.01. The van der Waals surface area contributed by atoms with Gasteiger partial charge in [-0.3, -0.25) is 4.79 Å². The van der Waals surface area contributed by atoms with E-state index in [-0.39, 0.29) is 5.78 Å². The number of carbonyl (C=O) groups is 1. The minimum Gasteiger partial charge on any atom is -0.345 e. The molecule has 2 heterocycles. The van der Waals surface area contributed by atoms with Crippen LogP contribution in [0.4, 0.5) is 0 Å². The SMILES string of the molecule is CC(=O)c1cnc2[nH]cc(I)c2c1. The fraction of sp³-hybridized carbons (Fsp3) is 0.111. The molecule has 0 aromatic carbocycles. The zero-order valence-electron chi connectivity index (χ0n) is 6.97. The Kier molecular flexibility index (Phi) is 2.07. The van der Waals surface area contributed by atoms with E-state index in [1.54, 1.807) is 13.1 Å². The Morgan fingerprint density at radius 2 is 2.38 bits per heavy atom. The Hall–Kier alpha value is -0.910. The quantitative estimate of drug-likeness (QED) is 0.646. The predicted molar refractivity (Wildman–Crippen MR) is 58.8 cm³/mol. The Morgan fingerprint density at radius 3 is 3.08 bits per heavy atom. The predicted octanol–water partition coefficient (Wildman–Crippen LogP) is 2.37. The Morgan fingerprint density at radius 1 is 1.62 bits per heavy atom. The second-order valence-electron chi connectivity index (χ2n) is 2.81. The van der Waals surface area contributed by atoms with Gasteiger partial charge >= 0.3 is 0 Å². The molecule has 0 radical (unpaired) electrons. The number of aromatic amines is 1. The highest BCUT2D eigenvalue weighted by Gasteiger charge is 2.05. The average Bonchev–Trinajstić information content (AvgIpc) is 2.47. The molecular weight excluding hydrogens is 279 g/mol. The van der Waals surface area contributed by atoms with Gasteiger partial charge in [-0.25, -0.2) is 4.98 Å². The van der Waals surface area contributed by atoms with Crippen molar-refractivity contribution in [3.8, 4) is 0 Å². The molecule has 13 heavy (non-hydrogen) atoms. The van der Waals surface area contributed by atoms with Gasteiger partial charge in [0, 0.05) is 26.9 Å². The molecule has 2 aromatic rings. The Labute approximate surface area is 88.7 Å². The van der Waals surface area contributed by atoms with Crippen LogP contribution in [0.25, 0.3) is 11.0 Å². The lowest BCUT2D eigenvalue weighted by Crippen LogP contribution is -1.92. The molecule has 4 heteroatoms. The molecule has 0 aliphatic heterocycles. The standard InChI is InChI=1S/C9H7IN2O/c1-5(13)6-2-7-8(10)4-12-9(7)11-3-6/h2-4H,1H3,(H,11,12). The van der Waals surface area contributed by atoms with E-state index in [9.17, 15) is 4.79 Å². The van der Waals surface area contributed by atoms with Crippen molar-refractivity contribution >= 4 is 39.4 Å². The van der Waals surface area contributed by atoms with E-state index in [0.29, 0.717) is 5.56 Å². The number of fused-ring (bicyclic) bond motifs is 1. The molecule has 0 unspecified atom stereocenters. The average molecular weight is 286 g/mol. The van der Waals surface area contributed by atoms with Crippen LogP contribution in [0.2, 0.25) is 0 Å². The maximum atomic E-state index is 11.1. The van der Waals surface area contributed by atoms with Crippen molar-refractivity contribution in [3.63, 3.8) is 0 Å². The van der Waals surface area contributed by atoms with Crippen molar-refractivity contribution in [3.05, 3.63) is 27.6 Å². The highest BCUT2D eigenvalue weighted by Crippen LogP contribution is 2.19. The minimum absolute atomic E-state index is 0.0476. The van der Waals surface area contributed by atoms with Gasteiger partial charge in [-0.15, -0.1) is 0 Å². The number of nitrogens with one attached hydrogen (secondary N) is 1. The molecule has 0 spiro atoms. The fourth-order valence-electron chi connectivity index (χ4n) is 1.16. The molecule has 0 atom stereocenters. The van der Waals surface area contributed by atoms with Gasteiger partial charge in [-0.05, 0) is 35.6 Å². The first-order valence-electron chi connectivity index (χ1n) is 3.82. The second kappa shape index (κ2) is 3.10. The first kappa shape index (κ1) is 8.68. The van der Waals surface area contributed by atoms with Gasteiger partial charge in [0.15, 0.2) is 5.78 Å². The van der Waals surface area contributed by atoms with E-state index in [4.69, 9.17) is 0 Å². The van der Waals surface area contributed by atoms with Gasteiger partial charge in [-0.2, -0.15) is 0 Å². The number of nitrogens with zero attached hydrogens (tertiary/aromatic N) is 1. The van der Waals surface area contributed by atoms with Gasteiger partial charge in [0.1, 0.15) is 5.65 Å². The summed E-state index contributed by atoms with van der Waals surface area (Å²) in [6.45, 7) is 1.54. The van der Waals surface area contributed by atoms with Crippen molar-refractivity contribution in [1.29, 1.82) is 0 Å². The van der Waals surface area contributed by atoms with Gasteiger partial charge in [0.25, 0.3) is 0 Å². The number of halogens is 1. The second-order valence-corrected chi connectivity index (χ2v) is 3.98. The maximum Gasteiger partial charge on any atom is 0.161 e. The molecule has 0 saturated heterocycles. The van der Waals surface area contributed by atoms with E-state index < -0.39 is 0 Å². The highest BCUT2D eigenvalue weighted by atomic mass is 127. The number of ketones is 1. The molecule has 0 fully saturated rings. The van der Waals surface area contributed by atoms with Crippen LogP contribution in [-0.2, 0) is 0 Å². The summed E-state index contributed by atoms with van der Waals surface area (Å²) >= 11 is 2.21. The molecule has 2 rings (SSSR count). The number of Topliss-reactive ketones (excluding diaryl/α,β-unsaturated/α-hetero) is 1. The fourth-order valence-corrected chi connectivity index (χ4v) is 1.73. The maximum absolute atomic E-state index is 11.1. The topological polar surface area (TPSA) is 45.8 Å². The van der Waals surface area contributed by atoms with E-state index in [2.05, 4.69) is 32.6 Å². The number of aromatic nitrogens is 2. The van der Waals surface area contributed by atoms with Gasteiger partial charge in [-0.1, -0.05) is 0 Å². The van der Waals surface area contributed by atoms with Crippen LogP contribution in [0.1, 0.15) is 17.3 Å². The third-order valence-corrected chi connectivity index (χ3v) is 2.78. The lowest BCUT2D eigenvalue weighted by molar-refractivity contribution is 0.101. The molecule has 2 aromatic heterocycles. The molecule has 1 N–H and O–H groups in total. The van der Waals surface area contributed by atoms with Crippen LogP contribution in [-0.4, -0.2) is 15.8 Å². The number of pyridine rings is 1. The molecule has 0 aliphatic rings. The van der Waals surface area contributed by atoms with Crippen molar-refractivity contribution in [2.24, 2.45) is 0 Å². The monoisotopic (exact) mass is 286 g/mol. The van der Waals surface area contributed by atoms with Gasteiger partial charge in [0.2, 0.25) is 0 Å². The third kappa shape index (κ3) is 1.46. The lowest BCUT2D eigenvalue weighted by Gasteiger charge is -1.94. The van der Waals surface area contributed by atoms with Crippen LogP contribution < -0.4 is 0 Å². The van der Waals surface area contributed by atoms with Crippen LogP contribution in [0.5, 0.6) is 0 Å². The Bertz CT molecular complexity index is 475. The first-order chi connectivity index (χ1) is 6.18. The normalized spacial score (nSPS) is 10.6. The van der Waals surface area contributed by atoms with Gasteiger partial charge < -0.3 is 4.98 Å². The van der Waals surface area contributed by atoms with Crippen LogP contribution >= 0.6 is 22.6 Å². The molecule has 0 aliphatic carbocycles. The van der Waals surface area contributed by atoms with E-state index in [1.807, 2.05) is 12.3 Å². The van der Waals surface area contributed by atoms with Crippen LogP contribution in [0, 0.1) is 3.57 Å². The van der Waals surface area contributed by atoms with Crippen molar-refractivity contribution in [2.45, 2.75) is 6.92 Å². The van der Waals surface area contributed by atoms with Crippen molar-refractivity contribution in [1.82, 2.24) is 9.97 Å². The molecule has 0 bridgehead atoms. The van der Waals surface area contributed by atoms with Crippen LogP contribution in [0.3, 0.4) is 0 Å². The van der Waals surface area contributed by atoms with E-state index in [1.165, 1.54) is 0 Å². The summed E-state index contributed by atoms with van der Waals surface area (Å²) in [5.41, 5.74) is 1.49. The summed E-state index contributed by atoms with van der Waals surface area (Å²) in [4.78, 5) is 18.2. The number of carbonyl (C=O) groups excluding carboxylic acids is 1. The zero-order valence-corrected chi connectivity index (χ0v) is 9.12. The smallest absolute Gasteiger partial charge is 0.161 e. The third-order valence-electron chi connectivity index (χ3n) is 1.89. The molecular formula is C9H7IN2O. The summed E-state index contributed by atoms with van der Waals surface area (Å²) < 4.78 is 1.09. The zero-order chi connectivity index (χ0) is 9.42. The van der Waals surface area contributed by atoms with E-state index in [0.717, 1.165) is 14.6 Å². The highest BCUT2D eigenvalue weighted by molar-refractivity contribution is 14.1. The lowest BCUT2D eigenvalue weighted by atomic mass is 10.2. The molecule has 0 saturated carbocycles. The summed E-state index contributed by atoms with van der Waals surface area (Å²) in [6, 6.07) is 1.86. The van der Waals surface area contributed by atoms with E-state index >= 15 is 0 Å². The summed E-state index contributed by atoms with van der Waals surface area (Å²) in [6.07, 6.45) is 3.47. The van der Waals surface area contributed by atoms with Crippen molar-refractivity contribution in [2.75, 3.05) is 0 Å². The number of H-pyrrole nitrogens is 1. The van der Waals surface area contributed by atoms with Crippen molar-refractivity contribution < 1.29 is 4.79 Å². The number of hydrogen-bond acceptors (Lipinski definition) is 2. The molecule has 3 nitrogen and oxygen atoms in total. The van der Waals surface area contributed by atoms with Crippen LogP contribution in [0.15, 0.2) is 18.5 Å². The number of hydrogen-bond donors (Lipinski definition) is 1. The largest absolute Gasteiger partial charge is 0.345 e. The number of rotatable bonds is 1. The van der Waals surface area contributed by atoms with Gasteiger partial charge in [0.05, 0.1) is 0 Å². The summed E-state index contributed by atoms with van der Waals surface area (Å²) in [5.74, 6) is 0.0476. The summed E-state index contributed by atoms with van der Waals surface area (Å²) in [7, 11) is 0. The first-order valence-corrected chi connectivity index (χ1v) is 4.90.